The summed E-state index contributed by atoms with van der Waals surface area (Å²) in [5.41, 5.74) is -8.51. The van der Waals surface area contributed by atoms with E-state index < -0.39 is 51.1 Å². The van der Waals surface area contributed by atoms with Gasteiger partial charge in [-0.05, 0) is 24.3 Å². The lowest BCUT2D eigenvalue weighted by atomic mass is 9.94. The Morgan fingerprint density at radius 2 is 1.10 bits per heavy atom. The van der Waals surface area contributed by atoms with E-state index in [1.165, 1.54) is 24.3 Å². The Kier molecular flexibility index (Phi) is 4.86. The monoisotopic (exact) mass is 459 g/mol. The first-order chi connectivity index (χ1) is 13.2. The van der Waals surface area contributed by atoms with Gasteiger partial charge >= 0.3 is 18.0 Å². The summed E-state index contributed by atoms with van der Waals surface area (Å²) >= 11 is 11.5. The van der Waals surface area contributed by atoms with Crippen LogP contribution in [0.25, 0.3) is 0 Å². The van der Waals surface area contributed by atoms with Crippen molar-refractivity contribution in [2.24, 2.45) is 0 Å². The van der Waals surface area contributed by atoms with Crippen LogP contribution in [-0.2, 0) is 5.67 Å². The number of carbonyl (C=O) groups is 2. The van der Waals surface area contributed by atoms with Crippen molar-refractivity contribution in [3.8, 4) is 0 Å². The van der Waals surface area contributed by atoms with E-state index in [0.717, 1.165) is 0 Å². The average molecular weight is 460 g/mol. The molecule has 29 heavy (non-hydrogen) atoms. The number of imide groups is 1. The van der Waals surface area contributed by atoms with E-state index in [0.29, 0.717) is 4.90 Å². The molecule has 154 valence electrons. The molecule has 0 unspecified atom stereocenters. The number of anilines is 1. The number of hydrogen-bond donors (Lipinski definition) is 0. The highest BCUT2D eigenvalue weighted by molar-refractivity contribution is 6.44. The Morgan fingerprint density at radius 1 is 0.724 bits per heavy atom. The van der Waals surface area contributed by atoms with Crippen molar-refractivity contribution in [1.82, 2.24) is 0 Å². The minimum absolute atomic E-state index is 0.0350. The Hall–Kier alpha value is -2.33. The maximum atomic E-state index is 14.3. The van der Waals surface area contributed by atoms with Crippen molar-refractivity contribution in [2.45, 2.75) is 18.0 Å². The van der Waals surface area contributed by atoms with Gasteiger partial charge in [0.05, 0.1) is 26.9 Å². The quantitative estimate of drug-likeness (QED) is 0.403. The third-order valence-electron chi connectivity index (χ3n) is 4.21. The number of amides is 2. The average Bonchev–Trinajstić information content (AvgIpc) is 2.84. The van der Waals surface area contributed by atoms with Crippen LogP contribution < -0.4 is 4.90 Å². The van der Waals surface area contributed by atoms with Crippen LogP contribution in [0.15, 0.2) is 36.4 Å². The number of nitrogens with zero attached hydrogens (tertiary/aromatic N) is 1. The second kappa shape index (κ2) is 6.60. The molecular formula is C17H6Cl2F7NO2. The summed E-state index contributed by atoms with van der Waals surface area (Å²) in [6.45, 7) is 0. The molecule has 0 atom stereocenters. The fraction of sp³-hybridized carbons (Fsp3) is 0.176. The Morgan fingerprint density at radius 3 is 1.45 bits per heavy atom. The summed E-state index contributed by atoms with van der Waals surface area (Å²) < 4.78 is 92.0. The van der Waals surface area contributed by atoms with Gasteiger partial charge in [0.1, 0.15) is 0 Å². The number of fused-ring (bicyclic) bond motifs is 1. The van der Waals surface area contributed by atoms with Crippen LogP contribution in [0.5, 0.6) is 0 Å². The van der Waals surface area contributed by atoms with E-state index in [1.807, 2.05) is 0 Å². The van der Waals surface area contributed by atoms with Crippen molar-refractivity contribution in [3.63, 3.8) is 0 Å². The van der Waals surface area contributed by atoms with E-state index in [2.05, 4.69) is 0 Å². The van der Waals surface area contributed by atoms with Crippen LogP contribution in [-0.4, -0.2) is 24.2 Å². The molecule has 1 heterocycles. The molecule has 0 aliphatic carbocycles. The largest absolute Gasteiger partial charge is 0.435 e. The predicted octanol–water partition coefficient (Wildman–Crippen LogP) is 6.08. The molecule has 12 heteroatoms. The molecule has 2 amide bonds. The summed E-state index contributed by atoms with van der Waals surface area (Å²) in [6, 6.07) is 5.51. The third kappa shape index (κ3) is 3.05. The standard InChI is InChI=1S/C17H6Cl2F7NO2/c18-10-5-7(15(20,16(21,22)23)17(24,25)26)6-11(19)12(10)27-13(28)8-3-1-2-4-9(8)14(27)29/h1-6H. The number of halogens is 9. The highest BCUT2D eigenvalue weighted by Crippen LogP contribution is 2.55. The second-order valence-corrected chi connectivity index (χ2v) is 6.75. The minimum Gasteiger partial charge on any atom is -0.268 e. The molecule has 3 rings (SSSR count). The maximum absolute atomic E-state index is 14.3. The van der Waals surface area contributed by atoms with Crippen LogP contribution in [0, 0.1) is 0 Å². The molecule has 3 nitrogen and oxygen atoms in total. The molecule has 0 aromatic heterocycles. The number of hydrogen-bond acceptors (Lipinski definition) is 2. The number of alkyl halides is 7. The van der Waals surface area contributed by atoms with Gasteiger partial charge in [0, 0.05) is 5.56 Å². The smallest absolute Gasteiger partial charge is 0.268 e. The summed E-state index contributed by atoms with van der Waals surface area (Å²) in [5.74, 6) is -1.89. The molecule has 0 radical (unpaired) electrons. The van der Waals surface area contributed by atoms with E-state index in [9.17, 15) is 40.3 Å². The Balaban J connectivity index is 2.18. The number of benzene rings is 2. The zero-order valence-electron chi connectivity index (χ0n) is 13.6. The van der Waals surface area contributed by atoms with Gasteiger partial charge in [-0.25, -0.2) is 9.29 Å². The van der Waals surface area contributed by atoms with Crippen molar-refractivity contribution in [2.75, 3.05) is 4.90 Å². The van der Waals surface area contributed by atoms with Gasteiger partial charge in [0.25, 0.3) is 11.8 Å². The van der Waals surface area contributed by atoms with Crippen molar-refractivity contribution < 1.29 is 40.3 Å². The topological polar surface area (TPSA) is 37.4 Å². The van der Waals surface area contributed by atoms with Gasteiger partial charge in [-0.15, -0.1) is 0 Å². The fourth-order valence-corrected chi connectivity index (χ4v) is 3.51. The maximum Gasteiger partial charge on any atom is 0.435 e. The lowest BCUT2D eigenvalue weighted by molar-refractivity contribution is -0.348. The normalized spacial score (nSPS) is 15.1. The number of carbonyl (C=O) groups excluding carboxylic acids is 2. The first-order valence-electron chi connectivity index (χ1n) is 7.51. The first kappa shape index (κ1) is 21.4. The van der Waals surface area contributed by atoms with Crippen LogP contribution in [0.4, 0.5) is 36.4 Å². The van der Waals surface area contributed by atoms with Gasteiger partial charge in [-0.3, -0.25) is 9.59 Å². The Bertz CT molecular complexity index is 961. The summed E-state index contributed by atoms with van der Waals surface area (Å²) in [6.07, 6.45) is -12.8. The molecule has 0 N–H and O–H groups in total. The number of rotatable bonds is 2. The minimum atomic E-state index is -6.38. The van der Waals surface area contributed by atoms with Crippen LogP contribution in [0.2, 0.25) is 10.0 Å². The van der Waals surface area contributed by atoms with Gasteiger partial charge in [0.15, 0.2) is 0 Å². The molecule has 0 saturated carbocycles. The van der Waals surface area contributed by atoms with Crippen molar-refractivity contribution >= 4 is 40.7 Å². The van der Waals surface area contributed by atoms with Gasteiger partial charge in [0.2, 0.25) is 0 Å². The molecule has 2 aromatic rings. The highest BCUT2D eigenvalue weighted by atomic mass is 35.5. The molecular weight excluding hydrogens is 454 g/mol. The summed E-state index contributed by atoms with van der Waals surface area (Å²) in [4.78, 5) is 25.3. The van der Waals surface area contributed by atoms with Gasteiger partial charge in [-0.1, -0.05) is 35.3 Å². The van der Waals surface area contributed by atoms with Gasteiger partial charge < -0.3 is 0 Å². The van der Waals surface area contributed by atoms with E-state index in [4.69, 9.17) is 23.2 Å². The van der Waals surface area contributed by atoms with E-state index in [1.54, 1.807) is 0 Å². The highest BCUT2D eigenvalue weighted by Gasteiger charge is 2.73. The molecule has 0 fully saturated rings. The molecule has 1 aliphatic rings. The fourth-order valence-electron chi connectivity index (χ4n) is 2.86. The van der Waals surface area contributed by atoms with Crippen molar-refractivity contribution in [3.05, 3.63) is 63.1 Å². The molecule has 2 aromatic carbocycles. The molecule has 0 saturated heterocycles. The Labute approximate surface area is 167 Å². The SMILES string of the molecule is O=C1c2ccccc2C(=O)N1c1c(Cl)cc(C(F)(C(F)(F)F)C(F)(F)F)cc1Cl. The predicted molar refractivity (Wildman–Crippen MR) is 88.9 cm³/mol. The van der Waals surface area contributed by atoms with E-state index in [-0.39, 0.29) is 23.3 Å². The lowest BCUT2D eigenvalue weighted by Gasteiger charge is -2.31. The summed E-state index contributed by atoms with van der Waals surface area (Å²) in [7, 11) is 0. The second-order valence-electron chi connectivity index (χ2n) is 5.93. The molecule has 0 spiro atoms. The van der Waals surface area contributed by atoms with Crippen LogP contribution in [0.1, 0.15) is 26.3 Å². The first-order valence-corrected chi connectivity index (χ1v) is 8.27. The van der Waals surface area contributed by atoms with Gasteiger partial charge in [-0.2, -0.15) is 26.3 Å². The van der Waals surface area contributed by atoms with Crippen molar-refractivity contribution in [1.29, 1.82) is 0 Å². The molecule has 1 aliphatic heterocycles. The zero-order valence-corrected chi connectivity index (χ0v) is 15.1. The van der Waals surface area contributed by atoms with Crippen LogP contribution >= 0.6 is 23.2 Å². The lowest BCUT2D eigenvalue weighted by Crippen LogP contribution is -2.50. The zero-order chi connectivity index (χ0) is 21.9. The van der Waals surface area contributed by atoms with E-state index >= 15 is 0 Å². The third-order valence-corrected chi connectivity index (χ3v) is 4.79. The molecule has 0 bridgehead atoms. The van der Waals surface area contributed by atoms with Crippen LogP contribution in [0.3, 0.4) is 0 Å². The summed E-state index contributed by atoms with van der Waals surface area (Å²) in [5, 5.41) is -1.89.